The zero-order valence-corrected chi connectivity index (χ0v) is 19.8. The number of piperidine rings is 1. The topological polar surface area (TPSA) is 87.5 Å². The molecule has 0 aromatic heterocycles. The van der Waals surface area contributed by atoms with Gasteiger partial charge < -0.3 is 25.9 Å². The summed E-state index contributed by atoms with van der Waals surface area (Å²) in [5.41, 5.74) is 1.37. The zero-order valence-electron chi connectivity index (χ0n) is 19.1. The van der Waals surface area contributed by atoms with Gasteiger partial charge in [0, 0.05) is 12.6 Å². The van der Waals surface area contributed by atoms with Crippen molar-refractivity contribution in [3.05, 3.63) is 28.8 Å². The van der Waals surface area contributed by atoms with Crippen LogP contribution in [-0.2, 0) is 0 Å². The van der Waals surface area contributed by atoms with Gasteiger partial charge in [-0.25, -0.2) is 0 Å². The molecule has 3 rings (SSSR count). The lowest BCUT2D eigenvalue weighted by Gasteiger charge is -2.36. The summed E-state index contributed by atoms with van der Waals surface area (Å²) in [6.45, 7) is 9.46. The van der Waals surface area contributed by atoms with E-state index in [2.05, 4.69) is 36.2 Å². The summed E-state index contributed by atoms with van der Waals surface area (Å²) in [7, 11) is 1.69. The van der Waals surface area contributed by atoms with Crippen molar-refractivity contribution in [2.45, 2.75) is 70.8 Å². The van der Waals surface area contributed by atoms with E-state index in [0.717, 1.165) is 11.7 Å². The predicted octanol–water partition coefficient (Wildman–Crippen LogP) is 4.07. The van der Waals surface area contributed by atoms with Crippen LogP contribution in [0.3, 0.4) is 0 Å². The summed E-state index contributed by atoms with van der Waals surface area (Å²) < 4.78 is 5.40. The van der Waals surface area contributed by atoms with E-state index in [1.807, 2.05) is 6.07 Å². The van der Waals surface area contributed by atoms with E-state index in [0.29, 0.717) is 22.9 Å². The van der Waals surface area contributed by atoms with Crippen LogP contribution in [0.2, 0.25) is 5.02 Å². The van der Waals surface area contributed by atoms with Crippen LogP contribution in [0, 0.1) is 11.8 Å². The van der Waals surface area contributed by atoms with E-state index in [9.17, 15) is 0 Å². The Labute approximate surface area is 188 Å². The first-order chi connectivity index (χ1) is 13.6. The van der Waals surface area contributed by atoms with Gasteiger partial charge in [-0.15, -0.1) is 0 Å². The Morgan fingerprint density at radius 3 is 2.37 bits per heavy atom. The van der Waals surface area contributed by atoms with Crippen LogP contribution in [0.5, 0.6) is 5.75 Å². The molecule has 6 heteroatoms. The molecule has 1 saturated heterocycles. The van der Waals surface area contributed by atoms with Crippen molar-refractivity contribution in [3.8, 4) is 5.75 Å². The molecule has 1 aromatic rings. The van der Waals surface area contributed by atoms with Crippen molar-refractivity contribution in [1.29, 1.82) is 0 Å². The van der Waals surface area contributed by atoms with Crippen LogP contribution in [0.15, 0.2) is 18.2 Å². The van der Waals surface area contributed by atoms with Gasteiger partial charge in [-0.05, 0) is 74.3 Å². The van der Waals surface area contributed by atoms with Crippen molar-refractivity contribution in [3.63, 3.8) is 0 Å². The van der Waals surface area contributed by atoms with Crippen molar-refractivity contribution in [1.82, 2.24) is 10.2 Å². The van der Waals surface area contributed by atoms with Crippen LogP contribution in [0.1, 0.15) is 70.3 Å². The Balaban J connectivity index is 0.00000225. The van der Waals surface area contributed by atoms with Crippen LogP contribution in [0.4, 0.5) is 0 Å². The molecule has 2 fully saturated rings. The Kier molecular flexibility index (Phi) is 12.3. The van der Waals surface area contributed by atoms with Crippen LogP contribution in [0.25, 0.3) is 0 Å². The molecule has 0 unspecified atom stereocenters. The highest BCUT2D eigenvalue weighted by Crippen LogP contribution is 2.33. The molecule has 2 aliphatic rings. The van der Waals surface area contributed by atoms with Crippen LogP contribution in [-0.4, -0.2) is 55.2 Å². The van der Waals surface area contributed by atoms with Gasteiger partial charge in [0.25, 0.3) is 0 Å². The third-order valence-electron chi connectivity index (χ3n) is 6.93. The third kappa shape index (κ3) is 7.69. The van der Waals surface area contributed by atoms with Crippen LogP contribution >= 0.6 is 11.6 Å². The molecule has 0 bridgehead atoms. The van der Waals surface area contributed by atoms with Gasteiger partial charge in [0.2, 0.25) is 0 Å². The molecule has 5 N–H and O–H groups in total. The van der Waals surface area contributed by atoms with E-state index < -0.39 is 0 Å². The van der Waals surface area contributed by atoms with Crippen molar-refractivity contribution in [2.24, 2.45) is 11.8 Å². The van der Waals surface area contributed by atoms with Gasteiger partial charge in [-0.1, -0.05) is 57.2 Å². The first-order valence-electron chi connectivity index (χ1n) is 11.4. The molecule has 0 spiro atoms. The number of halogens is 1. The molecule has 174 valence electrons. The van der Waals surface area contributed by atoms with E-state index >= 15 is 0 Å². The minimum Gasteiger partial charge on any atom is -0.495 e. The fourth-order valence-corrected chi connectivity index (χ4v) is 5.14. The van der Waals surface area contributed by atoms with E-state index in [1.54, 1.807) is 7.11 Å². The normalized spacial score (nSPS) is 19.4. The zero-order chi connectivity index (χ0) is 19.9. The number of likely N-dealkylation sites (tertiary alicyclic amines) is 1. The number of rotatable bonds is 9. The SMILES string of the molecule is COc1cc(C2CCN(C[C@H](NCCC3CCCC3)C(C)C)CC2)ccc1Cl.O.O. The number of methoxy groups -OCH3 is 1. The van der Waals surface area contributed by atoms with Crippen molar-refractivity contribution < 1.29 is 15.7 Å². The second-order valence-corrected chi connectivity index (χ2v) is 9.62. The average Bonchev–Trinajstić information content (AvgIpc) is 3.21. The summed E-state index contributed by atoms with van der Waals surface area (Å²) in [4.78, 5) is 2.66. The Morgan fingerprint density at radius 1 is 1.10 bits per heavy atom. The smallest absolute Gasteiger partial charge is 0.137 e. The van der Waals surface area contributed by atoms with Gasteiger partial charge in [-0.3, -0.25) is 0 Å². The summed E-state index contributed by atoms with van der Waals surface area (Å²) >= 11 is 6.19. The molecule has 5 nitrogen and oxygen atoms in total. The molecular formula is C24H43ClN2O3. The maximum absolute atomic E-state index is 6.19. The molecule has 1 aromatic carbocycles. The van der Waals surface area contributed by atoms with Crippen molar-refractivity contribution >= 4 is 11.6 Å². The number of hydrogen-bond acceptors (Lipinski definition) is 3. The highest BCUT2D eigenvalue weighted by molar-refractivity contribution is 6.32. The van der Waals surface area contributed by atoms with Gasteiger partial charge in [0.15, 0.2) is 0 Å². The first-order valence-corrected chi connectivity index (χ1v) is 11.7. The standard InChI is InChI=1S/C24H39ClN2O.2H2O/c1-18(2)23(26-13-10-19-6-4-5-7-19)17-27-14-11-20(12-15-27)21-8-9-22(25)24(16-21)28-3;;/h8-9,16,18-20,23,26H,4-7,10-15,17H2,1-3H3;2*1H2/t23-;;/m0../s1. The Morgan fingerprint density at radius 2 is 1.77 bits per heavy atom. The van der Waals surface area contributed by atoms with Crippen LogP contribution < -0.4 is 10.1 Å². The summed E-state index contributed by atoms with van der Waals surface area (Å²) in [6.07, 6.45) is 9.62. The van der Waals surface area contributed by atoms with E-state index in [1.165, 1.54) is 76.7 Å². The van der Waals surface area contributed by atoms with Gasteiger partial charge in [-0.2, -0.15) is 0 Å². The molecule has 1 aliphatic carbocycles. The lowest BCUT2D eigenvalue weighted by atomic mass is 9.89. The maximum Gasteiger partial charge on any atom is 0.137 e. The minimum atomic E-state index is 0. The number of nitrogens with zero attached hydrogens (tertiary/aromatic N) is 1. The first kappa shape index (κ1) is 27.2. The fourth-order valence-electron chi connectivity index (χ4n) is 4.94. The number of hydrogen-bond donors (Lipinski definition) is 1. The summed E-state index contributed by atoms with van der Waals surface area (Å²) in [6, 6.07) is 6.88. The van der Waals surface area contributed by atoms with Gasteiger partial charge >= 0.3 is 0 Å². The largest absolute Gasteiger partial charge is 0.495 e. The monoisotopic (exact) mass is 442 g/mol. The predicted molar refractivity (Wildman–Crippen MR) is 127 cm³/mol. The van der Waals surface area contributed by atoms with Crippen molar-refractivity contribution in [2.75, 3.05) is 33.3 Å². The Hall–Kier alpha value is -0.850. The van der Waals surface area contributed by atoms with E-state index in [4.69, 9.17) is 16.3 Å². The minimum absolute atomic E-state index is 0. The average molecular weight is 443 g/mol. The van der Waals surface area contributed by atoms with Gasteiger partial charge in [0.05, 0.1) is 12.1 Å². The Bertz CT molecular complexity index is 600. The number of ether oxygens (including phenoxy) is 1. The highest BCUT2D eigenvalue weighted by Gasteiger charge is 2.24. The lowest BCUT2D eigenvalue weighted by molar-refractivity contribution is 0.175. The summed E-state index contributed by atoms with van der Waals surface area (Å²) in [5.74, 6) is 3.08. The maximum atomic E-state index is 6.19. The molecule has 1 aliphatic heterocycles. The number of nitrogens with one attached hydrogen (secondary N) is 1. The van der Waals surface area contributed by atoms with Gasteiger partial charge in [0.1, 0.15) is 5.75 Å². The second kappa shape index (κ2) is 13.5. The molecule has 1 heterocycles. The second-order valence-electron chi connectivity index (χ2n) is 9.21. The summed E-state index contributed by atoms with van der Waals surface area (Å²) in [5, 5.41) is 4.59. The fraction of sp³-hybridized carbons (Fsp3) is 0.750. The molecule has 0 radical (unpaired) electrons. The molecule has 0 amide bonds. The quantitative estimate of drug-likeness (QED) is 0.625. The molecule has 30 heavy (non-hydrogen) atoms. The molecule has 1 saturated carbocycles. The highest BCUT2D eigenvalue weighted by atomic mass is 35.5. The molecule has 1 atom stereocenters. The van der Waals surface area contributed by atoms with E-state index in [-0.39, 0.29) is 11.0 Å². The lowest BCUT2D eigenvalue weighted by Crippen LogP contribution is -2.47. The molecular weight excluding hydrogens is 400 g/mol. The third-order valence-corrected chi connectivity index (χ3v) is 7.24. The number of benzene rings is 1.